The summed E-state index contributed by atoms with van der Waals surface area (Å²) in [6.45, 7) is 5.09. The third-order valence-corrected chi connectivity index (χ3v) is 5.30. The molecule has 2 aromatic rings. The molecule has 0 aromatic carbocycles. The highest BCUT2D eigenvalue weighted by Gasteiger charge is 2.32. The Morgan fingerprint density at radius 3 is 3.09 bits per heavy atom. The molecule has 1 unspecified atom stereocenters. The van der Waals surface area contributed by atoms with Crippen LogP contribution in [0.15, 0.2) is 17.6 Å². The van der Waals surface area contributed by atoms with Gasteiger partial charge in [0.25, 0.3) is 0 Å². The summed E-state index contributed by atoms with van der Waals surface area (Å²) >= 11 is 1.67. The molecule has 1 aliphatic heterocycles. The first-order valence-electron chi connectivity index (χ1n) is 8.12. The van der Waals surface area contributed by atoms with Gasteiger partial charge in [-0.1, -0.05) is 0 Å². The maximum Gasteiger partial charge on any atom is 0.246 e. The van der Waals surface area contributed by atoms with Crippen molar-refractivity contribution in [2.45, 2.75) is 38.9 Å². The smallest absolute Gasteiger partial charge is 0.246 e. The number of nitrogens with zero attached hydrogens (tertiary/aromatic N) is 4. The van der Waals surface area contributed by atoms with Crippen LogP contribution in [0.3, 0.4) is 0 Å². The van der Waals surface area contributed by atoms with Gasteiger partial charge in [0.2, 0.25) is 5.91 Å². The predicted octanol–water partition coefficient (Wildman–Crippen LogP) is 1.73. The first-order valence-corrected chi connectivity index (χ1v) is 9.00. The van der Waals surface area contributed by atoms with Gasteiger partial charge in [-0.05, 0) is 31.7 Å². The Hall–Kier alpha value is -1.73. The Bertz CT molecular complexity index is 705. The van der Waals surface area contributed by atoms with Gasteiger partial charge in [-0.25, -0.2) is 4.98 Å². The summed E-state index contributed by atoms with van der Waals surface area (Å²) < 4.78 is 1.88. The second kappa shape index (κ2) is 6.05. The fourth-order valence-electron chi connectivity index (χ4n) is 3.07. The fraction of sp³-hybridized carbons (Fsp3) is 0.562. The molecule has 1 N–H and O–H groups in total. The highest BCUT2D eigenvalue weighted by atomic mass is 32.1. The van der Waals surface area contributed by atoms with E-state index in [0.29, 0.717) is 12.5 Å². The average molecular weight is 331 g/mol. The standard InChI is InChI=1S/C16H21N5OS/c1-11-19-13(10-23-11)7-20-8-14-4-5-18-21(14)15(9-20)16(22)17-6-12-2-3-12/h4-5,10,12,15H,2-3,6-9H2,1H3,(H,17,22). The first-order chi connectivity index (χ1) is 11.2. The molecule has 2 aromatic heterocycles. The van der Waals surface area contributed by atoms with Crippen molar-refractivity contribution in [3.05, 3.63) is 34.0 Å². The van der Waals surface area contributed by atoms with E-state index in [9.17, 15) is 4.79 Å². The zero-order valence-electron chi connectivity index (χ0n) is 13.2. The van der Waals surface area contributed by atoms with Gasteiger partial charge in [-0.15, -0.1) is 11.3 Å². The topological polar surface area (TPSA) is 63.1 Å². The SMILES string of the molecule is Cc1nc(CN2Cc3ccnn3C(C(=O)NCC3CC3)C2)cs1. The van der Waals surface area contributed by atoms with Crippen LogP contribution in [0.1, 0.15) is 35.3 Å². The van der Waals surface area contributed by atoms with Gasteiger partial charge < -0.3 is 5.32 Å². The first kappa shape index (κ1) is 14.8. The minimum atomic E-state index is -0.243. The number of rotatable bonds is 5. The third-order valence-electron chi connectivity index (χ3n) is 4.48. The lowest BCUT2D eigenvalue weighted by Crippen LogP contribution is -2.45. The largest absolute Gasteiger partial charge is 0.354 e. The number of aromatic nitrogens is 3. The molecular formula is C16H21N5OS. The van der Waals surface area contributed by atoms with E-state index in [2.05, 4.69) is 25.7 Å². The number of hydrogen-bond acceptors (Lipinski definition) is 5. The monoisotopic (exact) mass is 331 g/mol. The minimum absolute atomic E-state index is 0.0843. The third kappa shape index (κ3) is 3.30. The lowest BCUT2D eigenvalue weighted by Gasteiger charge is -2.32. The molecule has 23 heavy (non-hydrogen) atoms. The van der Waals surface area contributed by atoms with Crippen molar-refractivity contribution >= 4 is 17.2 Å². The van der Waals surface area contributed by atoms with Crippen LogP contribution in [0.25, 0.3) is 0 Å². The van der Waals surface area contributed by atoms with Crippen LogP contribution in [0, 0.1) is 12.8 Å². The van der Waals surface area contributed by atoms with Crippen LogP contribution in [0.2, 0.25) is 0 Å². The van der Waals surface area contributed by atoms with Crippen molar-refractivity contribution in [1.82, 2.24) is 25.0 Å². The molecule has 6 nitrogen and oxygen atoms in total. The van der Waals surface area contributed by atoms with E-state index in [1.807, 2.05) is 17.7 Å². The summed E-state index contributed by atoms with van der Waals surface area (Å²) in [4.78, 5) is 19.4. The summed E-state index contributed by atoms with van der Waals surface area (Å²) in [6, 6.07) is 1.76. The van der Waals surface area contributed by atoms with E-state index in [-0.39, 0.29) is 11.9 Å². The summed E-state index contributed by atoms with van der Waals surface area (Å²) in [5.41, 5.74) is 2.17. The quantitative estimate of drug-likeness (QED) is 0.906. The second-order valence-electron chi connectivity index (χ2n) is 6.50. The van der Waals surface area contributed by atoms with Crippen LogP contribution in [-0.2, 0) is 17.9 Å². The molecule has 1 amide bonds. The molecule has 2 aliphatic rings. The van der Waals surface area contributed by atoms with E-state index < -0.39 is 0 Å². The normalized spacial score (nSPS) is 21.2. The molecule has 7 heteroatoms. The molecule has 0 saturated heterocycles. The number of carbonyl (C=O) groups is 1. The van der Waals surface area contributed by atoms with Crippen LogP contribution in [0.5, 0.6) is 0 Å². The number of aryl methyl sites for hydroxylation is 1. The van der Waals surface area contributed by atoms with E-state index in [0.717, 1.165) is 36.0 Å². The van der Waals surface area contributed by atoms with Crippen molar-refractivity contribution < 1.29 is 4.79 Å². The van der Waals surface area contributed by atoms with Crippen LogP contribution < -0.4 is 5.32 Å². The Kier molecular flexibility index (Phi) is 3.90. The molecular weight excluding hydrogens is 310 g/mol. The summed E-state index contributed by atoms with van der Waals surface area (Å²) in [5, 5.41) is 10.6. The van der Waals surface area contributed by atoms with Crippen molar-refractivity contribution in [2.75, 3.05) is 13.1 Å². The van der Waals surface area contributed by atoms with Gasteiger partial charge in [0.1, 0.15) is 6.04 Å². The summed E-state index contributed by atoms with van der Waals surface area (Å²) in [5.74, 6) is 0.773. The van der Waals surface area contributed by atoms with Gasteiger partial charge in [0.15, 0.2) is 0 Å². The summed E-state index contributed by atoms with van der Waals surface area (Å²) in [7, 11) is 0. The molecule has 3 heterocycles. The van der Waals surface area contributed by atoms with Gasteiger partial charge in [-0.3, -0.25) is 14.4 Å². The van der Waals surface area contributed by atoms with Crippen LogP contribution in [-0.4, -0.2) is 38.7 Å². The highest BCUT2D eigenvalue weighted by molar-refractivity contribution is 7.09. The zero-order chi connectivity index (χ0) is 15.8. The predicted molar refractivity (Wildman–Crippen MR) is 88.0 cm³/mol. The summed E-state index contributed by atoms with van der Waals surface area (Å²) in [6.07, 6.45) is 4.27. The van der Waals surface area contributed by atoms with Gasteiger partial charge in [-0.2, -0.15) is 5.10 Å². The van der Waals surface area contributed by atoms with Crippen molar-refractivity contribution in [3.8, 4) is 0 Å². The van der Waals surface area contributed by atoms with Gasteiger partial charge in [0.05, 0.1) is 16.4 Å². The van der Waals surface area contributed by atoms with Crippen molar-refractivity contribution in [2.24, 2.45) is 5.92 Å². The highest BCUT2D eigenvalue weighted by Crippen LogP contribution is 2.28. The van der Waals surface area contributed by atoms with E-state index in [1.165, 1.54) is 12.8 Å². The van der Waals surface area contributed by atoms with Crippen molar-refractivity contribution in [3.63, 3.8) is 0 Å². The number of carbonyl (C=O) groups excluding carboxylic acids is 1. The Labute approximate surface area is 139 Å². The number of thiazole rings is 1. The molecule has 0 radical (unpaired) electrons. The Morgan fingerprint density at radius 1 is 1.48 bits per heavy atom. The molecule has 1 saturated carbocycles. The molecule has 122 valence electrons. The van der Waals surface area contributed by atoms with Gasteiger partial charge >= 0.3 is 0 Å². The second-order valence-corrected chi connectivity index (χ2v) is 7.56. The molecule has 1 fully saturated rings. The van der Waals surface area contributed by atoms with E-state index in [1.54, 1.807) is 17.5 Å². The Balaban J connectivity index is 1.47. The molecule has 1 atom stereocenters. The van der Waals surface area contributed by atoms with E-state index >= 15 is 0 Å². The molecule has 1 aliphatic carbocycles. The molecule has 0 spiro atoms. The van der Waals surface area contributed by atoms with Crippen molar-refractivity contribution in [1.29, 1.82) is 0 Å². The zero-order valence-corrected chi connectivity index (χ0v) is 14.1. The lowest BCUT2D eigenvalue weighted by atomic mass is 10.1. The van der Waals surface area contributed by atoms with Crippen LogP contribution in [0.4, 0.5) is 0 Å². The molecule has 4 rings (SSSR count). The maximum absolute atomic E-state index is 12.6. The molecule has 0 bridgehead atoms. The number of fused-ring (bicyclic) bond motifs is 1. The Morgan fingerprint density at radius 2 is 2.35 bits per heavy atom. The van der Waals surface area contributed by atoms with Crippen LogP contribution >= 0.6 is 11.3 Å². The average Bonchev–Trinajstić information content (AvgIpc) is 3.10. The fourth-order valence-corrected chi connectivity index (χ4v) is 3.68. The minimum Gasteiger partial charge on any atom is -0.354 e. The number of hydrogen-bond donors (Lipinski definition) is 1. The lowest BCUT2D eigenvalue weighted by molar-refractivity contribution is -0.126. The van der Waals surface area contributed by atoms with E-state index in [4.69, 9.17) is 0 Å². The number of nitrogens with one attached hydrogen (secondary N) is 1. The number of amides is 1. The maximum atomic E-state index is 12.6. The van der Waals surface area contributed by atoms with Gasteiger partial charge in [0, 0.05) is 37.8 Å².